The summed E-state index contributed by atoms with van der Waals surface area (Å²) in [6, 6.07) is 6.32. The van der Waals surface area contributed by atoms with Gasteiger partial charge in [-0.05, 0) is 37.8 Å². The molecule has 2 aromatic rings. The van der Waals surface area contributed by atoms with E-state index in [0.29, 0.717) is 5.56 Å². The van der Waals surface area contributed by atoms with Crippen LogP contribution in [0, 0.1) is 12.8 Å². The molecule has 2 N–H and O–H groups in total. The Balaban J connectivity index is 1.79. The van der Waals surface area contributed by atoms with E-state index in [1.54, 1.807) is 18.2 Å². The Hall–Kier alpha value is -2.21. The summed E-state index contributed by atoms with van der Waals surface area (Å²) in [4.78, 5) is 27.9. The van der Waals surface area contributed by atoms with Crippen LogP contribution < -0.4 is 5.32 Å². The summed E-state index contributed by atoms with van der Waals surface area (Å²) in [7, 11) is 0. The van der Waals surface area contributed by atoms with Crippen molar-refractivity contribution >= 4 is 23.2 Å². The third-order valence-electron chi connectivity index (χ3n) is 3.64. The fourth-order valence-electron chi connectivity index (χ4n) is 2.32. The smallest absolute Gasteiger partial charge is 0.326 e. The van der Waals surface area contributed by atoms with Crippen LogP contribution in [0.5, 0.6) is 0 Å². The van der Waals surface area contributed by atoms with E-state index in [1.807, 2.05) is 18.4 Å². The number of hydrogen-bond acceptors (Lipinski definition) is 4. The number of thiazole rings is 1. The second-order valence-corrected chi connectivity index (χ2v) is 6.36. The fraction of sp³-hybridized carbons (Fsp3) is 0.312. The Labute approximate surface area is 132 Å². The van der Waals surface area contributed by atoms with Gasteiger partial charge in [0.25, 0.3) is 5.91 Å². The van der Waals surface area contributed by atoms with Crippen LogP contribution in [0.25, 0.3) is 10.6 Å². The molecule has 1 atom stereocenters. The van der Waals surface area contributed by atoms with E-state index in [9.17, 15) is 14.7 Å². The molecular weight excluding hydrogens is 300 g/mol. The summed E-state index contributed by atoms with van der Waals surface area (Å²) in [6.07, 6.45) is 1.71. The average Bonchev–Trinajstić information content (AvgIpc) is 3.25. The quantitative estimate of drug-likeness (QED) is 0.889. The zero-order chi connectivity index (χ0) is 15.7. The highest BCUT2D eigenvalue weighted by Gasteiger charge is 2.37. The lowest BCUT2D eigenvalue weighted by atomic mass is 10.1. The van der Waals surface area contributed by atoms with Gasteiger partial charge in [-0.15, -0.1) is 11.3 Å². The zero-order valence-electron chi connectivity index (χ0n) is 12.1. The van der Waals surface area contributed by atoms with Gasteiger partial charge in [-0.1, -0.05) is 12.1 Å². The number of carboxylic acid groups (broad SMARTS) is 1. The van der Waals surface area contributed by atoms with Gasteiger partial charge in [0, 0.05) is 22.2 Å². The predicted molar refractivity (Wildman–Crippen MR) is 83.9 cm³/mol. The van der Waals surface area contributed by atoms with E-state index in [2.05, 4.69) is 10.3 Å². The standard InChI is InChI=1S/C16H16N2O3S/c1-9-8-22-15(17-9)12-4-2-3-11(7-12)14(19)18-13(16(20)21)10-5-6-10/h2-4,7-8,10,13H,5-6H2,1H3,(H,18,19)(H,20,21). The van der Waals surface area contributed by atoms with Gasteiger partial charge in [0.05, 0.1) is 0 Å². The third-order valence-corrected chi connectivity index (χ3v) is 4.65. The lowest BCUT2D eigenvalue weighted by Crippen LogP contribution is -2.42. The Morgan fingerprint density at radius 1 is 1.41 bits per heavy atom. The highest BCUT2D eigenvalue weighted by Crippen LogP contribution is 2.33. The molecular formula is C16H16N2O3S. The molecule has 0 bridgehead atoms. The third kappa shape index (κ3) is 3.17. The average molecular weight is 316 g/mol. The van der Waals surface area contributed by atoms with Crippen LogP contribution in [0.4, 0.5) is 0 Å². The van der Waals surface area contributed by atoms with Gasteiger partial charge in [-0.2, -0.15) is 0 Å². The molecule has 1 aliphatic rings. The number of carbonyl (C=O) groups is 2. The molecule has 1 heterocycles. The van der Waals surface area contributed by atoms with Gasteiger partial charge in [0.2, 0.25) is 0 Å². The van der Waals surface area contributed by atoms with Gasteiger partial charge in [0.15, 0.2) is 0 Å². The van der Waals surface area contributed by atoms with Crippen molar-refractivity contribution in [1.82, 2.24) is 10.3 Å². The Morgan fingerprint density at radius 3 is 2.77 bits per heavy atom. The second-order valence-electron chi connectivity index (χ2n) is 5.50. The van der Waals surface area contributed by atoms with E-state index < -0.39 is 12.0 Å². The van der Waals surface area contributed by atoms with Crippen molar-refractivity contribution < 1.29 is 14.7 Å². The number of rotatable bonds is 5. The zero-order valence-corrected chi connectivity index (χ0v) is 12.9. The van der Waals surface area contributed by atoms with Crippen molar-refractivity contribution in [3.8, 4) is 10.6 Å². The van der Waals surface area contributed by atoms with Gasteiger partial charge in [-0.3, -0.25) is 4.79 Å². The molecule has 114 valence electrons. The molecule has 6 heteroatoms. The van der Waals surface area contributed by atoms with Crippen molar-refractivity contribution in [2.24, 2.45) is 5.92 Å². The van der Waals surface area contributed by atoms with Gasteiger partial charge in [0.1, 0.15) is 11.0 Å². The maximum absolute atomic E-state index is 12.3. The van der Waals surface area contributed by atoms with Crippen LogP contribution in [0.3, 0.4) is 0 Å². The van der Waals surface area contributed by atoms with Gasteiger partial charge in [-0.25, -0.2) is 9.78 Å². The first-order chi connectivity index (χ1) is 10.5. The van der Waals surface area contributed by atoms with Crippen LogP contribution in [0.1, 0.15) is 28.9 Å². The van der Waals surface area contributed by atoms with Crippen LogP contribution in [-0.4, -0.2) is 28.0 Å². The van der Waals surface area contributed by atoms with Gasteiger partial charge < -0.3 is 10.4 Å². The molecule has 22 heavy (non-hydrogen) atoms. The number of benzene rings is 1. The van der Waals surface area contributed by atoms with E-state index in [-0.39, 0.29) is 11.8 Å². The van der Waals surface area contributed by atoms with E-state index in [0.717, 1.165) is 29.1 Å². The van der Waals surface area contributed by atoms with Crippen molar-refractivity contribution in [2.45, 2.75) is 25.8 Å². The second kappa shape index (κ2) is 5.88. The molecule has 0 radical (unpaired) electrons. The van der Waals surface area contributed by atoms with E-state index in [1.165, 1.54) is 11.3 Å². The first kappa shape index (κ1) is 14.7. The first-order valence-electron chi connectivity index (χ1n) is 7.11. The molecule has 3 rings (SSSR count). The molecule has 1 aliphatic carbocycles. The Bertz CT molecular complexity index is 722. The molecule has 0 saturated heterocycles. The number of aryl methyl sites for hydroxylation is 1. The summed E-state index contributed by atoms with van der Waals surface area (Å²) in [5, 5.41) is 14.6. The first-order valence-corrected chi connectivity index (χ1v) is 7.99. The minimum atomic E-state index is -0.970. The maximum Gasteiger partial charge on any atom is 0.326 e. The van der Waals surface area contributed by atoms with Crippen LogP contribution >= 0.6 is 11.3 Å². The summed E-state index contributed by atoms with van der Waals surface area (Å²) in [5.41, 5.74) is 2.26. The van der Waals surface area contributed by atoms with Crippen LogP contribution in [-0.2, 0) is 4.79 Å². The van der Waals surface area contributed by atoms with Crippen LogP contribution in [0.2, 0.25) is 0 Å². The highest BCUT2D eigenvalue weighted by atomic mass is 32.1. The number of nitrogens with one attached hydrogen (secondary N) is 1. The predicted octanol–water partition coefficient (Wildman–Crippen LogP) is 2.71. The van der Waals surface area contributed by atoms with Crippen molar-refractivity contribution in [3.05, 3.63) is 40.9 Å². The van der Waals surface area contributed by atoms with Crippen molar-refractivity contribution in [1.29, 1.82) is 0 Å². The molecule has 1 aromatic carbocycles. The molecule has 1 saturated carbocycles. The number of carbonyl (C=O) groups excluding carboxylic acids is 1. The number of aliphatic carboxylic acids is 1. The number of carboxylic acids is 1. The van der Waals surface area contributed by atoms with E-state index in [4.69, 9.17) is 0 Å². The van der Waals surface area contributed by atoms with Gasteiger partial charge >= 0.3 is 5.97 Å². The number of amides is 1. The number of hydrogen-bond donors (Lipinski definition) is 2. The molecule has 1 fully saturated rings. The normalized spacial score (nSPS) is 15.3. The highest BCUT2D eigenvalue weighted by molar-refractivity contribution is 7.13. The molecule has 1 unspecified atom stereocenters. The summed E-state index contributed by atoms with van der Waals surface area (Å²) in [6.45, 7) is 1.92. The summed E-state index contributed by atoms with van der Waals surface area (Å²) < 4.78 is 0. The molecule has 5 nitrogen and oxygen atoms in total. The topological polar surface area (TPSA) is 79.3 Å². The molecule has 0 spiro atoms. The minimum Gasteiger partial charge on any atom is -0.480 e. The largest absolute Gasteiger partial charge is 0.480 e. The van der Waals surface area contributed by atoms with Crippen LogP contribution in [0.15, 0.2) is 29.6 Å². The Kier molecular flexibility index (Phi) is 3.94. The lowest BCUT2D eigenvalue weighted by Gasteiger charge is -2.13. The molecule has 1 amide bonds. The minimum absolute atomic E-state index is 0.0613. The monoisotopic (exact) mass is 316 g/mol. The number of nitrogens with zero attached hydrogens (tertiary/aromatic N) is 1. The molecule has 0 aliphatic heterocycles. The van der Waals surface area contributed by atoms with Crippen molar-refractivity contribution in [3.63, 3.8) is 0 Å². The Morgan fingerprint density at radius 2 is 2.18 bits per heavy atom. The number of aromatic nitrogens is 1. The lowest BCUT2D eigenvalue weighted by molar-refractivity contribution is -0.139. The SMILES string of the molecule is Cc1csc(-c2cccc(C(=O)NC(C(=O)O)C3CC3)c2)n1. The van der Waals surface area contributed by atoms with Crippen molar-refractivity contribution in [2.75, 3.05) is 0 Å². The molecule has 1 aromatic heterocycles. The summed E-state index contributed by atoms with van der Waals surface area (Å²) in [5.74, 6) is -1.26. The van der Waals surface area contributed by atoms with E-state index >= 15 is 0 Å². The summed E-state index contributed by atoms with van der Waals surface area (Å²) >= 11 is 1.52. The fourth-order valence-corrected chi connectivity index (χ4v) is 3.11. The maximum atomic E-state index is 12.3.